The summed E-state index contributed by atoms with van der Waals surface area (Å²) in [6, 6.07) is 10.5. The van der Waals surface area contributed by atoms with E-state index >= 15 is 0 Å². The third-order valence-corrected chi connectivity index (χ3v) is 3.72. The van der Waals surface area contributed by atoms with Crippen molar-refractivity contribution in [2.75, 3.05) is 19.5 Å². The molecular weight excluding hydrogens is 330 g/mol. The average molecular weight is 344 g/mol. The standard InChI is InChI=1S/C17H14ClN3O3/c1-23-15-7-10(18)13(8-16(15)24-2)21-17(22)14-9-19-11-5-3-4-6-12(11)20-14/h3-9H,1-2H3,(H,21,22). The number of amides is 1. The fraction of sp³-hybridized carbons (Fsp3) is 0.118. The molecule has 0 saturated carbocycles. The van der Waals surface area contributed by atoms with Crippen molar-refractivity contribution in [1.29, 1.82) is 0 Å². The third kappa shape index (κ3) is 3.09. The van der Waals surface area contributed by atoms with Gasteiger partial charge in [-0.3, -0.25) is 9.78 Å². The highest BCUT2D eigenvalue weighted by atomic mass is 35.5. The SMILES string of the molecule is COc1cc(Cl)c(NC(=O)c2cnc3ccccc3n2)cc1OC. The molecule has 0 unspecified atom stereocenters. The van der Waals surface area contributed by atoms with Gasteiger partial charge in [0.2, 0.25) is 0 Å². The van der Waals surface area contributed by atoms with E-state index in [0.717, 1.165) is 5.52 Å². The van der Waals surface area contributed by atoms with Gasteiger partial charge in [-0.15, -0.1) is 0 Å². The number of carbonyl (C=O) groups is 1. The lowest BCUT2D eigenvalue weighted by Gasteiger charge is -2.12. The van der Waals surface area contributed by atoms with Gasteiger partial charge in [0.05, 0.1) is 42.2 Å². The van der Waals surface area contributed by atoms with E-state index in [1.807, 2.05) is 18.2 Å². The summed E-state index contributed by atoms with van der Waals surface area (Å²) >= 11 is 6.18. The van der Waals surface area contributed by atoms with Gasteiger partial charge in [0.15, 0.2) is 11.5 Å². The Hall–Kier alpha value is -2.86. The van der Waals surface area contributed by atoms with Crippen LogP contribution >= 0.6 is 11.6 Å². The predicted molar refractivity (Wildman–Crippen MR) is 92.0 cm³/mol. The molecule has 0 aliphatic rings. The van der Waals surface area contributed by atoms with Crippen LogP contribution in [-0.2, 0) is 0 Å². The number of para-hydroxylation sites is 2. The van der Waals surface area contributed by atoms with Crippen molar-refractivity contribution < 1.29 is 14.3 Å². The van der Waals surface area contributed by atoms with Crippen LogP contribution in [0.5, 0.6) is 11.5 Å². The molecule has 2 aromatic carbocycles. The van der Waals surface area contributed by atoms with Crippen LogP contribution in [0.2, 0.25) is 5.02 Å². The van der Waals surface area contributed by atoms with Gasteiger partial charge in [-0.25, -0.2) is 4.98 Å². The minimum Gasteiger partial charge on any atom is -0.493 e. The molecule has 0 bridgehead atoms. The number of aromatic nitrogens is 2. The number of benzene rings is 2. The van der Waals surface area contributed by atoms with Gasteiger partial charge in [0, 0.05) is 12.1 Å². The summed E-state index contributed by atoms with van der Waals surface area (Å²) in [5.41, 5.74) is 1.95. The molecule has 1 heterocycles. The number of ether oxygens (including phenoxy) is 2. The number of hydrogen-bond donors (Lipinski definition) is 1. The normalized spacial score (nSPS) is 10.5. The molecule has 0 aliphatic heterocycles. The lowest BCUT2D eigenvalue weighted by molar-refractivity contribution is 0.102. The molecule has 6 nitrogen and oxygen atoms in total. The van der Waals surface area contributed by atoms with Crippen molar-refractivity contribution in [1.82, 2.24) is 9.97 Å². The van der Waals surface area contributed by atoms with E-state index in [4.69, 9.17) is 21.1 Å². The van der Waals surface area contributed by atoms with Crippen LogP contribution in [0.15, 0.2) is 42.6 Å². The average Bonchev–Trinajstić information content (AvgIpc) is 2.62. The zero-order valence-electron chi connectivity index (χ0n) is 13.0. The lowest BCUT2D eigenvalue weighted by Crippen LogP contribution is -2.14. The first-order chi connectivity index (χ1) is 11.6. The lowest BCUT2D eigenvalue weighted by atomic mass is 10.2. The Morgan fingerprint density at radius 3 is 2.46 bits per heavy atom. The van der Waals surface area contributed by atoms with Crippen molar-refractivity contribution in [3.8, 4) is 11.5 Å². The number of methoxy groups -OCH3 is 2. The second-order valence-corrected chi connectivity index (χ2v) is 5.29. The molecule has 0 radical (unpaired) electrons. The highest BCUT2D eigenvalue weighted by Gasteiger charge is 2.15. The fourth-order valence-corrected chi connectivity index (χ4v) is 2.40. The Kier molecular flexibility index (Phi) is 4.48. The van der Waals surface area contributed by atoms with Crippen LogP contribution in [0.3, 0.4) is 0 Å². The van der Waals surface area contributed by atoms with Crippen LogP contribution in [0.4, 0.5) is 5.69 Å². The zero-order valence-corrected chi connectivity index (χ0v) is 13.8. The maximum absolute atomic E-state index is 12.4. The van der Waals surface area contributed by atoms with Crippen LogP contribution < -0.4 is 14.8 Å². The number of nitrogens with zero attached hydrogens (tertiary/aromatic N) is 2. The quantitative estimate of drug-likeness (QED) is 0.784. The largest absolute Gasteiger partial charge is 0.493 e. The number of fused-ring (bicyclic) bond motifs is 1. The first-order valence-corrected chi connectivity index (χ1v) is 7.45. The Balaban J connectivity index is 1.90. The van der Waals surface area contributed by atoms with Crippen LogP contribution in [-0.4, -0.2) is 30.1 Å². The number of rotatable bonds is 4. The maximum Gasteiger partial charge on any atom is 0.275 e. The number of carbonyl (C=O) groups excluding carboxylic acids is 1. The van der Waals surface area contributed by atoms with Gasteiger partial charge in [-0.05, 0) is 12.1 Å². The molecule has 0 saturated heterocycles. The number of nitrogens with one attached hydrogen (secondary N) is 1. The molecule has 0 fully saturated rings. The predicted octanol–water partition coefficient (Wildman–Crippen LogP) is 3.55. The van der Waals surface area contributed by atoms with Gasteiger partial charge < -0.3 is 14.8 Å². The molecule has 0 atom stereocenters. The van der Waals surface area contributed by atoms with E-state index < -0.39 is 5.91 Å². The van der Waals surface area contributed by atoms with Crippen LogP contribution in [0.25, 0.3) is 11.0 Å². The Morgan fingerprint density at radius 1 is 1.08 bits per heavy atom. The molecule has 0 aliphatic carbocycles. The first-order valence-electron chi connectivity index (χ1n) is 7.07. The number of halogens is 1. The van der Waals surface area contributed by atoms with Crippen molar-refractivity contribution >= 4 is 34.2 Å². The summed E-state index contributed by atoms with van der Waals surface area (Å²) in [5, 5.41) is 3.04. The van der Waals surface area contributed by atoms with E-state index in [1.165, 1.54) is 20.4 Å². The summed E-state index contributed by atoms with van der Waals surface area (Å²) in [5.74, 6) is 0.523. The van der Waals surface area contributed by atoms with Gasteiger partial charge in [-0.1, -0.05) is 23.7 Å². The Bertz CT molecular complexity index is 915. The minimum atomic E-state index is -0.414. The number of hydrogen-bond acceptors (Lipinski definition) is 5. The molecule has 24 heavy (non-hydrogen) atoms. The third-order valence-electron chi connectivity index (χ3n) is 3.40. The van der Waals surface area contributed by atoms with E-state index in [0.29, 0.717) is 27.7 Å². The topological polar surface area (TPSA) is 73.3 Å². The summed E-state index contributed by atoms with van der Waals surface area (Å²) < 4.78 is 10.4. The summed E-state index contributed by atoms with van der Waals surface area (Å²) in [6.07, 6.45) is 1.42. The van der Waals surface area contributed by atoms with Gasteiger partial charge >= 0.3 is 0 Å². The van der Waals surface area contributed by atoms with Crippen molar-refractivity contribution in [3.63, 3.8) is 0 Å². The van der Waals surface area contributed by atoms with E-state index in [-0.39, 0.29) is 5.69 Å². The van der Waals surface area contributed by atoms with Gasteiger partial charge in [0.1, 0.15) is 5.69 Å². The molecule has 3 aromatic rings. The monoisotopic (exact) mass is 343 g/mol. The molecule has 1 aromatic heterocycles. The summed E-state index contributed by atoms with van der Waals surface area (Å²) in [7, 11) is 3.02. The second-order valence-electron chi connectivity index (χ2n) is 4.89. The Morgan fingerprint density at radius 2 is 1.75 bits per heavy atom. The fourth-order valence-electron chi connectivity index (χ4n) is 2.20. The van der Waals surface area contributed by atoms with Gasteiger partial charge in [-0.2, -0.15) is 0 Å². The van der Waals surface area contributed by atoms with Crippen molar-refractivity contribution in [2.24, 2.45) is 0 Å². The van der Waals surface area contributed by atoms with Gasteiger partial charge in [0.25, 0.3) is 5.91 Å². The maximum atomic E-state index is 12.4. The molecule has 0 spiro atoms. The first kappa shape index (κ1) is 16.0. The molecule has 122 valence electrons. The smallest absolute Gasteiger partial charge is 0.275 e. The highest BCUT2D eigenvalue weighted by Crippen LogP contribution is 2.36. The molecule has 1 N–H and O–H groups in total. The van der Waals surface area contributed by atoms with E-state index in [9.17, 15) is 4.79 Å². The van der Waals surface area contributed by atoms with Crippen molar-refractivity contribution in [3.05, 3.63) is 53.3 Å². The minimum absolute atomic E-state index is 0.194. The molecule has 7 heteroatoms. The molecule has 3 rings (SSSR count). The summed E-state index contributed by atoms with van der Waals surface area (Å²) in [4.78, 5) is 20.9. The van der Waals surface area contributed by atoms with Crippen molar-refractivity contribution in [2.45, 2.75) is 0 Å². The number of anilines is 1. The van der Waals surface area contributed by atoms with Crippen LogP contribution in [0.1, 0.15) is 10.5 Å². The highest BCUT2D eigenvalue weighted by molar-refractivity contribution is 6.34. The van der Waals surface area contributed by atoms with E-state index in [1.54, 1.807) is 18.2 Å². The molecular formula is C17H14ClN3O3. The zero-order chi connectivity index (χ0) is 17.1. The Labute approximate surface area is 143 Å². The van der Waals surface area contributed by atoms with E-state index in [2.05, 4.69) is 15.3 Å². The van der Waals surface area contributed by atoms with Crippen LogP contribution in [0, 0.1) is 0 Å². The molecule has 1 amide bonds. The second kappa shape index (κ2) is 6.72. The summed E-state index contributed by atoms with van der Waals surface area (Å²) in [6.45, 7) is 0.